The maximum Gasteiger partial charge on any atom is 0.0166 e. The molecule has 1 unspecified atom stereocenters. The highest BCUT2D eigenvalue weighted by atomic mass is 15.2. The highest BCUT2D eigenvalue weighted by molar-refractivity contribution is 4.79. The zero-order chi connectivity index (χ0) is 11.1. The Labute approximate surface area is 95.4 Å². The normalized spacial score (nSPS) is 20.0. The fraction of sp³-hybridized carbons (Fsp3) is 1.00. The first-order valence-corrected chi connectivity index (χ1v) is 6.75. The molecule has 0 spiro atoms. The molecule has 1 atom stereocenters. The lowest BCUT2D eigenvalue weighted by Crippen LogP contribution is -2.43. The summed E-state index contributed by atoms with van der Waals surface area (Å²) >= 11 is 0. The zero-order valence-electron chi connectivity index (χ0n) is 10.8. The fourth-order valence-corrected chi connectivity index (χ4v) is 2.61. The predicted octanol–water partition coefficient (Wildman–Crippen LogP) is 2.64. The summed E-state index contributed by atoms with van der Waals surface area (Å²) in [6.07, 6.45) is 6.97. The average molecular weight is 212 g/mol. The van der Waals surface area contributed by atoms with E-state index >= 15 is 0 Å². The van der Waals surface area contributed by atoms with Crippen molar-refractivity contribution in [3.8, 4) is 0 Å². The van der Waals surface area contributed by atoms with Crippen molar-refractivity contribution in [1.82, 2.24) is 10.2 Å². The lowest BCUT2D eigenvalue weighted by atomic mass is 10.2. The molecule has 1 aliphatic carbocycles. The monoisotopic (exact) mass is 212 g/mol. The Kier molecular flexibility index (Phi) is 6.26. The van der Waals surface area contributed by atoms with Gasteiger partial charge >= 0.3 is 0 Å². The van der Waals surface area contributed by atoms with Gasteiger partial charge in [0.15, 0.2) is 0 Å². The first kappa shape index (κ1) is 13.0. The average Bonchev–Trinajstić information content (AvgIpc) is 2.76. The quantitative estimate of drug-likeness (QED) is 0.698. The molecule has 90 valence electrons. The van der Waals surface area contributed by atoms with Crippen LogP contribution in [0.15, 0.2) is 0 Å². The Hall–Kier alpha value is -0.0800. The van der Waals surface area contributed by atoms with Gasteiger partial charge in [-0.1, -0.05) is 26.7 Å². The molecule has 0 saturated heterocycles. The number of hydrogen-bond acceptors (Lipinski definition) is 2. The first-order chi connectivity index (χ1) is 7.27. The molecule has 2 heteroatoms. The van der Waals surface area contributed by atoms with Gasteiger partial charge in [-0.05, 0) is 39.3 Å². The molecular formula is C13H28N2. The van der Waals surface area contributed by atoms with Gasteiger partial charge in [-0.25, -0.2) is 0 Å². The van der Waals surface area contributed by atoms with E-state index in [4.69, 9.17) is 0 Å². The van der Waals surface area contributed by atoms with Crippen LogP contribution in [0.5, 0.6) is 0 Å². The molecule has 1 saturated carbocycles. The van der Waals surface area contributed by atoms with Crippen molar-refractivity contribution in [3.05, 3.63) is 0 Å². The molecule has 0 aromatic heterocycles. The van der Waals surface area contributed by atoms with Crippen molar-refractivity contribution >= 4 is 0 Å². The van der Waals surface area contributed by atoms with E-state index in [9.17, 15) is 0 Å². The second-order valence-electron chi connectivity index (χ2n) is 4.88. The largest absolute Gasteiger partial charge is 0.313 e. The molecule has 1 fully saturated rings. The molecule has 0 aromatic rings. The van der Waals surface area contributed by atoms with Crippen LogP contribution in [-0.2, 0) is 0 Å². The molecule has 0 amide bonds. The first-order valence-electron chi connectivity index (χ1n) is 6.75. The van der Waals surface area contributed by atoms with Crippen LogP contribution in [0, 0.1) is 0 Å². The summed E-state index contributed by atoms with van der Waals surface area (Å²) in [5, 5.41) is 3.58. The molecule has 1 aliphatic rings. The van der Waals surface area contributed by atoms with E-state index in [1.165, 1.54) is 45.2 Å². The predicted molar refractivity (Wildman–Crippen MR) is 67.3 cm³/mol. The maximum absolute atomic E-state index is 3.58. The van der Waals surface area contributed by atoms with Crippen molar-refractivity contribution in [1.29, 1.82) is 0 Å². The Bertz CT molecular complexity index is 153. The van der Waals surface area contributed by atoms with E-state index in [1.54, 1.807) is 0 Å². The Balaban J connectivity index is 2.25. The van der Waals surface area contributed by atoms with Gasteiger partial charge < -0.3 is 5.32 Å². The van der Waals surface area contributed by atoms with Crippen molar-refractivity contribution < 1.29 is 0 Å². The van der Waals surface area contributed by atoms with Crippen LogP contribution >= 0.6 is 0 Å². The van der Waals surface area contributed by atoms with E-state index in [2.05, 4.69) is 31.0 Å². The van der Waals surface area contributed by atoms with E-state index in [0.717, 1.165) is 12.6 Å². The molecule has 15 heavy (non-hydrogen) atoms. The second kappa shape index (κ2) is 7.24. The smallest absolute Gasteiger partial charge is 0.0166 e. The standard InChI is InChI=1S/C13H28N2/c1-4-10-14-12(3)11-15(5-2)13-8-6-7-9-13/h12-14H,4-11H2,1-3H3. The van der Waals surface area contributed by atoms with Crippen LogP contribution in [0.25, 0.3) is 0 Å². The van der Waals surface area contributed by atoms with Gasteiger partial charge in [0.1, 0.15) is 0 Å². The molecule has 1 rings (SSSR count). The van der Waals surface area contributed by atoms with Crippen LogP contribution in [-0.4, -0.2) is 36.6 Å². The van der Waals surface area contributed by atoms with Crippen molar-refractivity contribution in [2.75, 3.05) is 19.6 Å². The molecule has 0 radical (unpaired) electrons. The van der Waals surface area contributed by atoms with Crippen LogP contribution < -0.4 is 5.32 Å². The minimum absolute atomic E-state index is 0.644. The van der Waals surface area contributed by atoms with Crippen LogP contribution in [0.4, 0.5) is 0 Å². The summed E-state index contributed by atoms with van der Waals surface area (Å²) in [7, 11) is 0. The van der Waals surface area contributed by atoms with Gasteiger partial charge in [0, 0.05) is 18.6 Å². The van der Waals surface area contributed by atoms with E-state index < -0.39 is 0 Å². The zero-order valence-corrected chi connectivity index (χ0v) is 10.8. The summed E-state index contributed by atoms with van der Waals surface area (Å²) in [4.78, 5) is 2.67. The van der Waals surface area contributed by atoms with Gasteiger partial charge in [0.05, 0.1) is 0 Å². The van der Waals surface area contributed by atoms with Crippen LogP contribution in [0.2, 0.25) is 0 Å². The number of rotatable bonds is 7. The summed E-state index contributed by atoms with van der Waals surface area (Å²) in [6, 6.07) is 1.52. The number of nitrogens with one attached hydrogen (secondary N) is 1. The third kappa shape index (κ3) is 4.52. The molecule has 0 heterocycles. The van der Waals surface area contributed by atoms with E-state index in [0.29, 0.717) is 6.04 Å². The Morgan fingerprint density at radius 3 is 2.47 bits per heavy atom. The van der Waals surface area contributed by atoms with Crippen LogP contribution in [0.1, 0.15) is 52.9 Å². The van der Waals surface area contributed by atoms with Gasteiger partial charge in [-0.3, -0.25) is 4.90 Å². The summed E-state index contributed by atoms with van der Waals surface area (Å²) in [6.45, 7) is 10.4. The SMILES string of the molecule is CCCNC(C)CN(CC)C1CCCC1. The topological polar surface area (TPSA) is 15.3 Å². The van der Waals surface area contributed by atoms with E-state index in [-0.39, 0.29) is 0 Å². The van der Waals surface area contributed by atoms with Crippen molar-refractivity contribution in [2.24, 2.45) is 0 Å². The lowest BCUT2D eigenvalue weighted by Gasteiger charge is -2.30. The molecule has 0 bridgehead atoms. The Morgan fingerprint density at radius 1 is 1.27 bits per heavy atom. The van der Waals surface area contributed by atoms with Crippen molar-refractivity contribution in [2.45, 2.75) is 65.0 Å². The summed E-state index contributed by atoms with van der Waals surface area (Å²) in [5.74, 6) is 0. The lowest BCUT2D eigenvalue weighted by molar-refractivity contribution is 0.190. The highest BCUT2D eigenvalue weighted by Gasteiger charge is 2.22. The van der Waals surface area contributed by atoms with Gasteiger partial charge in [0.2, 0.25) is 0 Å². The Morgan fingerprint density at radius 2 is 1.93 bits per heavy atom. The molecule has 0 aliphatic heterocycles. The van der Waals surface area contributed by atoms with Gasteiger partial charge in [-0.2, -0.15) is 0 Å². The van der Waals surface area contributed by atoms with E-state index in [1.807, 2.05) is 0 Å². The molecule has 2 nitrogen and oxygen atoms in total. The minimum atomic E-state index is 0.644. The van der Waals surface area contributed by atoms with Gasteiger partial charge in [-0.15, -0.1) is 0 Å². The summed E-state index contributed by atoms with van der Waals surface area (Å²) in [5.41, 5.74) is 0. The number of nitrogens with zero attached hydrogens (tertiary/aromatic N) is 1. The minimum Gasteiger partial charge on any atom is -0.313 e. The molecule has 0 aromatic carbocycles. The highest BCUT2D eigenvalue weighted by Crippen LogP contribution is 2.23. The third-order valence-electron chi connectivity index (χ3n) is 3.50. The van der Waals surface area contributed by atoms with Crippen molar-refractivity contribution in [3.63, 3.8) is 0 Å². The second-order valence-corrected chi connectivity index (χ2v) is 4.88. The summed E-state index contributed by atoms with van der Waals surface area (Å²) < 4.78 is 0. The van der Waals surface area contributed by atoms with Crippen LogP contribution in [0.3, 0.4) is 0 Å². The molecular weight excluding hydrogens is 184 g/mol. The van der Waals surface area contributed by atoms with Gasteiger partial charge in [0.25, 0.3) is 0 Å². The fourth-order valence-electron chi connectivity index (χ4n) is 2.61. The maximum atomic E-state index is 3.58. The number of likely N-dealkylation sites (N-methyl/N-ethyl adjacent to an activating group) is 1. The molecule has 1 N–H and O–H groups in total. The third-order valence-corrected chi connectivity index (χ3v) is 3.50. The number of hydrogen-bond donors (Lipinski definition) is 1.